The van der Waals surface area contributed by atoms with Gasteiger partial charge in [0.1, 0.15) is 6.04 Å². The second-order valence-corrected chi connectivity index (χ2v) is 10.4. The summed E-state index contributed by atoms with van der Waals surface area (Å²) < 4.78 is 0. The second kappa shape index (κ2) is 13.1. The lowest BCUT2D eigenvalue weighted by atomic mass is 9.86. The Kier molecular flexibility index (Phi) is 9.95. The van der Waals surface area contributed by atoms with Crippen molar-refractivity contribution in [2.45, 2.75) is 51.9 Å². The van der Waals surface area contributed by atoms with E-state index in [4.69, 9.17) is 5.73 Å². The van der Waals surface area contributed by atoms with E-state index < -0.39 is 35.6 Å². The Balaban J connectivity index is 1.77. The number of pyridine rings is 1. The third kappa shape index (κ3) is 8.65. The number of amides is 2. The highest BCUT2D eigenvalue weighted by Gasteiger charge is 2.34. The molecule has 9 nitrogen and oxygen atoms in total. The number of nitrogens with two attached hydrogens (primary N) is 1. The molecule has 0 saturated carbocycles. The minimum absolute atomic E-state index is 0.0473. The minimum Gasteiger partial charge on any atom is -0.465 e. The van der Waals surface area contributed by atoms with Crippen LogP contribution in [0.1, 0.15) is 31.9 Å². The molecule has 0 spiro atoms. The number of benzene rings is 2. The van der Waals surface area contributed by atoms with Crippen LogP contribution in [0.2, 0.25) is 0 Å². The predicted octanol–water partition coefficient (Wildman–Crippen LogP) is 3.20. The summed E-state index contributed by atoms with van der Waals surface area (Å²) in [7, 11) is 0. The Hall–Kier alpha value is -3.79. The highest BCUT2D eigenvalue weighted by molar-refractivity contribution is 5.85. The molecule has 0 aliphatic rings. The molecule has 3 atom stereocenters. The molecule has 0 fully saturated rings. The van der Waals surface area contributed by atoms with Crippen LogP contribution >= 0.6 is 0 Å². The number of hydrogen-bond acceptors (Lipinski definition) is 6. The maximum atomic E-state index is 13.2. The quantitative estimate of drug-likeness (QED) is 0.245. The molecule has 0 saturated heterocycles. The van der Waals surface area contributed by atoms with Crippen LogP contribution in [-0.2, 0) is 17.8 Å². The molecule has 3 aromatic rings. The molecule has 1 heterocycles. The summed E-state index contributed by atoms with van der Waals surface area (Å²) in [5, 5.41) is 24.1. The SMILES string of the molecule is CC(C)(C)C(NC(=O)O)C(=O)NN(Cc1ccc(-c2ccccn2)cc1)CC(O)C(N)Cc1ccccc1. The number of aromatic nitrogens is 1. The first-order chi connectivity index (χ1) is 18.0. The van der Waals surface area contributed by atoms with Gasteiger partial charge in [0.25, 0.3) is 5.91 Å². The van der Waals surface area contributed by atoms with E-state index in [0.29, 0.717) is 6.42 Å². The van der Waals surface area contributed by atoms with Gasteiger partial charge in [0, 0.05) is 30.9 Å². The monoisotopic (exact) mass is 519 g/mol. The second-order valence-electron chi connectivity index (χ2n) is 10.4. The maximum absolute atomic E-state index is 13.2. The number of hydrogen-bond donors (Lipinski definition) is 5. The molecule has 0 radical (unpaired) electrons. The summed E-state index contributed by atoms with van der Waals surface area (Å²) in [6, 6.07) is 21.5. The minimum atomic E-state index is -1.29. The zero-order chi connectivity index (χ0) is 27.7. The molecule has 2 aromatic carbocycles. The molecule has 0 aliphatic carbocycles. The summed E-state index contributed by atoms with van der Waals surface area (Å²) in [6.45, 7) is 5.65. The summed E-state index contributed by atoms with van der Waals surface area (Å²) in [6.07, 6.45) is -0.0454. The van der Waals surface area contributed by atoms with Gasteiger partial charge in [0.15, 0.2) is 0 Å². The third-order valence-corrected chi connectivity index (χ3v) is 6.17. The predicted molar refractivity (Wildman–Crippen MR) is 147 cm³/mol. The van der Waals surface area contributed by atoms with Gasteiger partial charge in [-0.25, -0.2) is 9.80 Å². The van der Waals surface area contributed by atoms with E-state index >= 15 is 0 Å². The molecule has 3 rings (SSSR count). The lowest BCUT2D eigenvalue weighted by molar-refractivity contribution is -0.131. The molecule has 2 amide bonds. The lowest BCUT2D eigenvalue weighted by Crippen LogP contribution is -2.58. The topological polar surface area (TPSA) is 141 Å². The number of rotatable bonds is 11. The van der Waals surface area contributed by atoms with Crippen LogP contribution in [0.3, 0.4) is 0 Å². The zero-order valence-electron chi connectivity index (χ0n) is 22.0. The lowest BCUT2D eigenvalue weighted by Gasteiger charge is -2.33. The van der Waals surface area contributed by atoms with Crippen molar-refractivity contribution < 1.29 is 19.8 Å². The van der Waals surface area contributed by atoms with Gasteiger partial charge in [0.05, 0.1) is 11.8 Å². The molecule has 6 N–H and O–H groups in total. The standard InChI is InChI=1S/C29H37N5O4/c1-29(2,3)26(32-28(37)38)27(36)33-34(19-25(35)23(30)17-20-9-5-4-6-10-20)18-21-12-14-22(15-13-21)24-11-7-8-16-31-24/h4-16,23,25-26,32,35H,17-19,30H2,1-3H3,(H,33,36)(H,37,38). The third-order valence-electron chi connectivity index (χ3n) is 6.17. The summed E-state index contributed by atoms with van der Waals surface area (Å²) in [5.74, 6) is -0.520. The molecule has 9 heteroatoms. The van der Waals surface area contributed by atoms with Crippen molar-refractivity contribution in [3.8, 4) is 11.3 Å². The van der Waals surface area contributed by atoms with Crippen molar-refractivity contribution in [1.29, 1.82) is 0 Å². The summed E-state index contributed by atoms with van der Waals surface area (Å²) in [4.78, 5) is 28.9. The van der Waals surface area contributed by atoms with Crippen LogP contribution in [0, 0.1) is 5.41 Å². The van der Waals surface area contributed by atoms with Gasteiger partial charge in [0.2, 0.25) is 0 Å². The van der Waals surface area contributed by atoms with Crippen LogP contribution in [0.15, 0.2) is 79.0 Å². The van der Waals surface area contributed by atoms with Crippen LogP contribution in [0.5, 0.6) is 0 Å². The van der Waals surface area contributed by atoms with Gasteiger partial charge < -0.3 is 21.3 Å². The van der Waals surface area contributed by atoms with Gasteiger partial charge in [-0.15, -0.1) is 0 Å². The highest BCUT2D eigenvalue weighted by Crippen LogP contribution is 2.21. The number of carboxylic acid groups (broad SMARTS) is 1. The number of carbonyl (C=O) groups is 2. The van der Waals surface area contributed by atoms with Gasteiger partial charge in [-0.2, -0.15) is 0 Å². The molecule has 0 aliphatic heterocycles. The Morgan fingerprint density at radius 3 is 2.21 bits per heavy atom. The molecule has 202 valence electrons. The molecular weight excluding hydrogens is 482 g/mol. The van der Waals surface area contributed by atoms with E-state index in [9.17, 15) is 19.8 Å². The fraction of sp³-hybridized carbons (Fsp3) is 0.345. The van der Waals surface area contributed by atoms with E-state index in [-0.39, 0.29) is 13.1 Å². The molecular formula is C29H37N5O4. The first-order valence-electron chi connectivity index (χ1n) is 12.6. The average molecular weight is 520 g/mol. The first-order valence-corrected chi connectivity index (χ1v) is 12.6. The molecule has 3 unspecified atom stereocenters. The summed E-state index contributed by atoms with van der Waals surface area (Å²) in [5.41, 5.74) is 12.1. The number of aliphatic hydroxyl groups excluding tert-OH is 1. The number of aliphatic hydroxyl groups is 1. The number of hydrazine groups is 1. The Labute approximate surface area is 223 Å². The van der Waals surface area contributed by atoms with Gasteiger partial charge in [-0.05, 0) is 35.1 Å². The smallest absolute Gasteiger partial charge is 0.405 e. The van der Waals surface area contributed by atoms with Gasteiger partial charge in [-0.1, -0.05) is 81.4 Å². The van der Waals surface area contributed by atoms with E-state index in [1.165, 1.54) is 0 Å². The van der Waals surface area contributed by atoms with Crippen LogP contribution in [0.4, 0.5) is 4.79 Å². The average Bonchev–Trinajstić information content (AvgIpc) is 2.88. The number of carbonyl (C=O) groups excluding carboxylic acids is 1. The van der Waals surface area contributed by atoms with Gasteiger partial charge in [-0.3, -0.25) is 15.2 Å². The molecule has 0 bridgehead atoms. The van der Waals surface area contributed by atoms with Crippen LogP contribution in [-0.4, -0.2) is 56.9 Å². The largest absolute Gasteiger partial charge is 0.465 e. The van der Waals surface area contributed by atoms with Crippen molar-refractivity contribution in [1.82, 2.24) is 20.7 Å². The maximum Gasteiger partial charge on any atom is 0.405 e. The Morgan fingerprint density at radius 1 is 0.974 bits per heavy atom. The van der Waals surface area contributed by atoms with Crippen LogP contribution in [0.25, 0.3) is 11.3 Å². The van der Waals surface area contributed by atoms with E-state index in [0.717, 1.165) is 22.4 Å². The van der Waals surface area contributed by atoms with Gasteiger partial charge >= 0.3 is 6.09 Å². The van der Waals surface area contributed by atoms with E-state index in [1.807, 2.05) is 72.8 Å². The Morgan fingerprint density at radius 2 is 1.63 bits per heavy atom. The fourth-order valence-electron chi connectivity index (χ4n) is 4.09. The van der Waals surface area contributed by atoms with E-state index in [2.05, 4.69) is 15.7 Å². The van der Waals surface area contributed by atoms with Crippen molar-refractivity contribution in [2.24, 2.45) is 11.1 Å². The number of nitrogens with one attached hydrogen (secondary N) is 2. The molecule has 1 aromatic heterocycles. The summed E-state index contributed by atoms with van der Waals surface area (Å²) >= 11 is 0. The highest BCUT2D eigenvalue weighted by atomic mass is 16.4. The Bertz CT molecular complexity index is 1170. The van der Waals surface area contributed by atoms with Crippen molar-refractivity contribution >= 4 is 12.0 Å². The number of nitrogens with zero attached hydrogens (tertiary/aromatic N) is 2. The zero-order valence-corrected chi connectivity index (χ0v) is 22.0. The van der Waals surface area contributed by atoms with Crippen LogP contribution < -0.4 is 16.5 Å². The van der Waals surface area contributed by atoms with Crippen molar-refractivity contribution in [2.75, 3.05) is 6.54 Å². The molecule has 38 heavy (non-hydrogen) atoms. The van der Waals surface area contributed by atoms with E-state index in [1.54, 1.807) is 32.0 Å². The van der Waals surface area contributed by atoms with Crippen molar-refractivity contribution in [3.63, 3.8) is 0 Å². The van der Waals surface area contributed by atoms with Crippen molar-refractivity contribution in [3.05, 3.63) is 90.1 Å². The fourth-order valence-corrected chi connectivity index (χ4v) is 4.09. The normalized spacial score (nSPS) is 13.9. The first kappa shape index (κ1) is 28.8.